The number of hydrogen-bond donors (Lipinski definition) is 0. The topological polar surface area (TPSA) is 38.1 Å². The molecule has 0 aliphatic carbocycles. The molecule has 4 nitrogen and oxygen atoms in total. The number of halogens is 1. The largest absolute Gasteiger partial charge is 0.347 e. The molecular weight excluding hydrogens is 385 g/mol. The smallest absolute Gasteiger partial charge is 0.250 e. The van der Waals surface area contributed by atoms with Gasteiger partial charge in [-0.15, -0.1) is 11.3 Å². The fourth-order valence-corrected chi connectivity index (χ4v) is 5.88. The fraction of sp³-hybridized carbons (Fsp3) is 0.391. The minimum Gasteiger partial charge on any atom is -0.347 e. The summed E-state index contributed by atoms with van der Waals surface area (Å²) in [4.78, 5) is 19.9. The van der Waals surface area contributed by atoms with E-state index < -0.39 is 0 Å². The molecule has 29 heavy (non-hydrogen) atoms. The number of piperidine rings is 1. The van der Waals surface area contributed by atoms with Crippen molar-refractivity contribution in [2.24, 2.45) is 5.92 Å². The second-order valence-electron chi connectivity index (χ2n) is 8.13. The molecule has 0 saturated carbocycles. The van der Waals surface area contributed by atoms with Crippen LogP contribution >= 0.6 is 11.3 Å². The van der Waals surface area contributed by atoms with E-state index >= 15 is 0 Å². The molecule has 3 atom stereocenters. The van der Waals surface area contributed by atoms with Gasteiger partial charge in [-0.3, -0.25) is 4.79 Å². The quantitative estimate of drug-likeness (QED) is 0.603. The van der Waals surface area contributed by atoms with Crippen LogP contribution in [0.3, 0.4) is 0 Å². The van der Waals surface area contributed by atoms with Crippen LogP contribution in [0.25, 0.3) is 11.3 Å². The highest BCUT2D eigenvalue weighted by Crippen LogP contribution is 2.44. The first-order valence-corrected chi connectivity index (χ1v) is 11.2. The Morgan fingerprint density at radius 1 is 1.17 bits per heavy atom. The number of fused-ring (bicyclic) bond motifs is 4. The molecule has 2 bridgehead atoms. The summed E-state index contributed by atoms with van der Waals surface area (Å²) in [7, 11) is 0. The average Bonchev–Trinajstić information content (AvgIpc) is 3.22. The van der Waals surface area contributed by atoms with E-state index in [2.05, 4.69) is 27.8 Å². The van der Waals surface area contributed by atoms with E-state index in [4.69, 9.17) is 4.98 Å². The number of aromatic nitrogens is 2. The lowest BCUT2D eigenvalue weighted by Crippen LogP contribution is -2.49. The first kappa shape index (κ1) is 18.6. The van der Waals surface area contributed by atoms with Crippen LogP contribution in [0, 0.1) is 11.7 Å². The Balaban J connectivity index is 1.46. The van der Waals surface area contributed by atoms with E-state index in [1.807, 2.05) is 6.07 Å². The van der Waals surface area contributed by atoms with E-state index in [1.165, 1.54) is 17.8 Å². The van der Waals surface area contributed by atoms with Crippen LogP contribution < -0.4 is 10.5 Å². The third-order valence-corrected chi connectivity index (χ3v) is 7.19. The molecule has 2 aliphatic rings. The van der Waals surface area contributed by atoms with Gasteiger partial charge in [-0.25, -0.2) is 9.37 Å². The molecular formula is C23H24FN3OS. The highest BCUT2D eigenvalue weighted by atomic mass is 32.1. The summed E-state index contributed by atoms with van der Waals surface area (Å²) in [6.07, 6.45) is 3.24. The number of hydrogen-bond acceptors (Lipinski definition) is 4. The molecule has 0 amide bonds. The van der Waals surface area contributed by atoms with E-state index in [0.29, 0.717) is 11.8 Å². The monoisotopic (exact) mass is 409 g/mol. The van der Waals surface area contributed by atoms with E-state index in [0.717, 1.165) is 48.7 Å². The zero-order valence-electron chi connectivity index (χ0n) is 16.4. The molecule has 0 unspecified atom stereocenters. The molecule has 6 heteroatoms. The second kappa shape index (κ2) is 7.41. The molecule has 4 heterocycles. The van der Waals surface area contributed by atoms with Crippen molar-refractivity contribution >= 4 is 16.5 Å². The molecule has 0 radical (unpaired) electrons. The third-order valence-electron chi connectivity index (χ3n) is 6.29. The van der Waals surface area contributed by atoms with Gasteiger partial charge in [0, 0.05) is 47.8 Å². The van der Waals surface area contributed by atoms with Crippen molar-refractivity contribution in [2.45, 2.75) is 38.1 Å². The van der Waals surface area contributed by atoms with E-state index in [-0.39, 0.29) is 17.4 Å². The molecule has 5 rings (SSSR count). The van der Waals surface area contributed by atoms with Crippen LogP contribution in [0.2, 0.25) is 0 Å². The number of pyridine rings is 1. The molecule has 3 aromatic rings. The molecule has 2 aromatic heterocycles. The molecule has 1 aromatic carbocycles. The maximum Gasteiger partial charge on any atom is 0.250 e. The number of benzene rings is 1. The van der Waals surface area contributed by atoms with Gasteiger partial charge in [-0.05, 0) is 49.1 Å². The maximum atomic E-state index is 13.2. The van der Waals surface area contributed by atoms with Crippen molar-refractivity contribution in [3.05, 3.63) is 69.7 Å². The van der Waals surface area contributed by atoms with Gasteiger partial charge in [0.1, 0.15) is 5.82 Å². The van der Waals surface area contributed by atoms with Crippen LogP contribution in [-0.2, 0) is 0 Å². The minimum atomic E-state index is -0.232. The van der Waals surface area contributed by atoms with Crippen molar-refractivity contribution in [3.8, 4) is 11.3 Å². The van der Waals surface area contributed by atoms with Crippen molar-refractivity contribution in [1.82, 2.24) is 9.55 Å². The summed E-state index contributed by atoms with van der Waals surface area (Å²) in [6, 6.07) is 12.5. The lowest BCUT2D eigenvalue weighted by molar-refractivity contribution is 0.202. The van der Waals surface area contributed by atoms with Crippen LogP contribution in [-0.4, -0.2) is 22.6 Å². The fourth-order valence-electron chi connectivity index (χ4n) is 5.03. The molecule has 0 N–H and O–H groups in total. The molecule has 1 fully saturated rings. The van der Waals surface area contributed by atoms with Gasteiger partial charge in [-0.1, -0.05) is 19.4 Å². The lowest BCUT2D eigenvalue weighted by atomic mass is 9.77. The summed E-state index contributed by atoms with van der Waals surface area (Å²) < 4.78 is 15.3. The van der Waals surface area contributed by atoms with E-state index in [1.54, 1.807) is 29.5 Å². The maximum absolute atomic E-state index is 13.2. The number of thiazole rings is 1. The molecule has 2 aliphatic heterocycles. The predicted molar refractivity (Wildman–Crippen MR) is 115 cm³/mol. The van der Waals surface area contributed by atoms with Crippen LogP contribution in [0.4, 0.5) is 9.52 Å². The number of anilines is 1. The van der Waals surface area contributed by atoms with Crippen molar-refractivity contribution in [3.63, 3.8) is 0 Å². The number of nitrogens with zero attached hydrogens (tertiary/aromatic N) is 3. The third kappa shape index (κ3) is 3.29. The Labute approximate surface area is 173 Å². The Bertz CT molecular complexity index is 1070. The Kier molecular flexibility index (Phi) is 4.74. The van der Waals surface area contributed by atoms with Gasteiger partial charge in [0.2, 0.25) is 0 Å². The summed E-state index contributed by atoms with van der Waals surface area (Å²) in [5.41, 5.74) is 3.14. The predicted octanol–water partition coefficient (Wildman–Crippen LogP) is 5.08. The Morgan fingerprint density at radius 2 is 2.00 bits per heavy atom. The summed E-state index contributed by atoms with van der Waals surface area (Å²) in [5.74, 6) is 0.581. The van der Waals surface area contributed by atoms with Crippen molar-refractivity contribution in [1.29, 1.82) is 0 Å². The standard InChI is InChI=1S/C23H24FN3OS/c1-2-4-20-16-11-17(21-5-3-6-22(28)27(20)21)13-26(12-16)23-25-19(14-29-23)15-7-9-18(24)10-8-15/h3,5-10,14,16-17,20H,2,4,11-13H2,1H3/t16-,17+,20-/m0/s1. The van der Waals surface area contributed by atoms with Gasteiger partial charge in [0.05, 0.1) is 5.69 Å². The van der Waals surface area contributed by atoms with Crippen LogP contribution in [0.5, 0.6) is 0 Å². The molecule has 150 valence electrons. The highest BCUT2D eigenvalue weighted by Gasteiger charge is 2.40. The van der Waals surface area contributed by atoms with Crippen LogP contribution in [0.15, 0.2) is 52.6 Å². The highest BCUT2D eigenvalue weighted by molar-refractivity contribution is 7.14. The second-order valence-corrected chi connectivity index (χ2v) is 8.97. The van der Waals surface area contributed by atoms with Gasteiger partial charge in [0.15, 0.2) is 5.13 Å². The van der Waals surface area contributed by atoms with Gasteiger partial charge >= 0.3 is 0 Å². The summed E-state index contributed by atoms with van der Waals surface area (Å²) in [6.45, 7) is 4.00. The van der Waals surface area contributed by atoms with Gasteiger partial charge in [-0.2, -0.15) is 0 Å². The van der Waals surface area contributed by atoms with Crippen molar-refractivity contribution < 1.29 is 4.39 Å². The Hall–Kier alpha value is -2.47. The zero-order chi connectivity index (χ0) is 20.0. The van der Waals surface area contributed by atoms with Crippen molar-refractivity contribution in [2.75, 3.05) is 18.0 Å². The zero-order valence-corrected chi connectivity index (χ0v) is 17.2. The van der Waals surface area contributed by atoms with Crippen LogP contribution in [0.1, 0.15) is 43.8 Å². The lowest BCUT2D eigenvalue weighted by Gasteiger charge is -2.47. The van der Waals surface area contributed by atoms with Gasteiger partial charge in [0.25, 0.3) is 5.56 Å². The normalized spacial score (nSPS) is 23.1. The van der Waals surface area contributed by atoms with Gasteiger partial charge < -0.3 is 9.47 Å². The summed E-state index contributed by atoms with van der Waals surface area (Å²) in [5, 5.41) is 3.07. The average molecular weight is 410 g/mol. The Morgan fingerprint density at radius 3 is 2.79 bits per heavy atom. The summed E-state index contributed by atoms with van der Waals surface area (Å²) >= 11 is 1.65. The SMILES string of the molecule is CCC[C@H]1[C@H]2C[C@H](CN(c3nc(-c4ccc(F)cc4)cs3)C2)c2cccc(=O)n21. The number of rotatable bonds is 4. The minimum absolute atomic E-state index is 0.136. The molecule has 0 spiro atoms. The van der Waals surface area contributed by atoms with E-state index in [9.17, 15) is 9.18 Å². The first-order valence-electron chi connectivity index (χ1n) is 10.3. The molecule has 1 saturated heterocycles. The first-order chi connectivity index (χ1) is 14.1.